The molecule has 0 aliphatic rings. The van der Waals surface area contributed by atoms with Gasteiger partial charge in [-0.05, 0) is 128 Å². The van der Waals surface area contributed by atoms with Gasteiger partial charge in [0.05, 0.1) is 11.4 Å². The minimum atomic E-state index is -1.12. The molecule has 6 aromatic carbocycles. The molecule has 0 saturated carbocycles. The molecule has 0 spiro atoms. The molecule has 384 valence electrons. The van der Waals surface area contributed by atoms with Gasteiger partial charge in [-0.2, -0.15) is 0 Å². The molecule has 0 unspecified atom stereocenters. The number of benzene rings is 6. The SMILES string of the molecule is C.C.CCC(=O)c1ccc(N)cc1.CCC(=O)c1ccc(NC(=O)c2c(F)cccc2F)cc1.Cc1sc(-c2ccccn2)nc1-c1ccc(NC(=O)c2c(F)cccc2F)cc1.O=C(Cl)c1c(F)cccc1F. The molecule has 18 heteroatoms. The van der Waals surface area contributed by atoms with Gasteiger partial charge < -0.3 is 16.4 Å². The highest BCUT2D eigenvalue weighted by Gasteiger charge is 2.19. The lowest BCUT2D eigenvalue weighted by Gasteiger charge is -2.08. The maximum absolute atomic E-state index is 13.8. The molecule has 10 nitrogen and oxygen atoms in total. The zero-order valence-electron chi connectivity index (χ0n) is 38.4. The van der Waals surface area contributed by atoms with Gasteiger partial charge in [0.1, 0.15) is 56.6 Å². The number of halogens is 7. The molecule has 0 saturated heterocycles. The summed E-state index contributed by atoms with van der Waals surface area (Å²) in [4.78, 5) is 67.1. The standard InChI is InChI=1S/C22H15F2N3OS.C16H13F2NO2.C9H11NO.C7H3ClF2O.2CH4/c1-13-20(27-22(29-13)18-7-2-3-12-25-18)14-8-10-15(11-9-14)26-21(28)19-16(23)5-4-6-17(19)24;1-2-14(20)10-6-8-11(9-7-10)19-16(21)15-12(17)4-3-5-13(15)18;1-2-9(11)7-3-5-8(10)6-4-7;8-7(11)6-4(9)2-1-3-5(6)10;;/h2-12H,1H3,(H,26,28);3-9H,2H2,1H3,(H,19,21);3-6H,2,10H2,1H3;1-3H;2*1H4. The van der Waals surface area contributed by atoms with Gasteiger partial charge in [-0.25, -0.2) is 31.3 Å². The lowest BCUT2D eigenvalue weighted by atomic mass is 10.1. The van der Waals surface area contributed by atoms with Gasteiger partial charge in [-0.15, -0.1) is 11.3 Å². The average molecular weight is 1050 g/mol. The third kappa shape index (κ3) is 16.4. The maximum atomic E-state index is 13.8. The van der Waals surface area contributed by atoms with Crippen molar-refractivity contribution in [3.05, 3.63) is 219 Å². The Bertz CT molecular complexity index is 3140. The summed E-state index contributed by atoms with van der Waals surface area (Å²) in [5, 5.41) is 4.61. The quantitative estimate of drug-likeness (QED) is 0.0499. The third-order valence-corrected chi connectivity index (χ3v) is 11.2. The number of thiazole rings is 1. The minimum absolute atomic E-state index is 0. The van der Waals surface area contributed by atoms with E-state index in [2.05, 4.69) is 20.6 Å². The van der Waals surface area contributed by atoms with Crippen LogP contribution in [-0.2, 0) is 0 Å². The lowest BCUT2D eigenvalue weighted by Crippen LogP contribution is -2.15. The van der Waals surface area contributed by atoms with E-state index in [4.69, 9.17) is 17.3 Å². The number of hydrogen-bond acceptors (Lipinski definition) is 9. The zero-order valence-corrected chi connectivity index (χ0v) is 40.0. The van der Waals surface area contributed by atoms with Crippen LogP contribution in [0.1, 0.15) is 98.2 Å². The largest absolute Gasteiger partial charge is 0.399 e. The molecule has 0 fully saturated rings. The topological polar surface area (TPSA) is 161 Å². The fourth-order valence-electron chi connectivity index (χ4n) is 6.29. The number of aryl methyl sites for hydroxylation is 1. The molecule has 8 rings (SSSR count). The first-order valence-corrected chi connectivity index (χ1v) is 22.8. The lowest BCUT2D eigenvalue weighted by molar-refractivity contribution is 0.0980. The Morgan fingerprint density at radius 3 is 1.30 bits per heavy atom. The van der Waals surface area contributed by atoms with Gasteiger partial charge in [0, 0.05) is 57.7 Å². The first-order valence-electron chi connectivity index (χ1n) is 21.6. The number of nitrogen functional groups attached to an aromatic ring is 1. The summed E-state index contributed by atoms with van der Waals surface area (Å²) in [6.45, 7) is 5.58. The monoisotopic (exact) mass is 1050 g/mol. The normalized spacial score (nSPS) is 9.97. The third-order valence-electron chi connectivity index (χ3n) is 9.98. The van der Waals surface area contributed by atoms with Crippen LogP contribution < -0.4 is 16.4 Å². The molecule has 0 atom stereocenters. The van der Waals surface area contributed by atoms with Crippen molar-refractivity contribution in [1.82, 2.24) is 9.97 Å². The number of pyridine rings is 1. The van der Waals surface area contributed by atoms with Crippen molar-refractivity contribution < 1.29 is 50.3 Å². The van der Waals surface area contributed by atoms with Crippen LogP contribution in [0.15, 0.2) is 152 Å². The van der Waals surface area contributed by atoms with Crippen LogP contribution in [0.2, 0.25) is 0 Å². The predicted octanol–water partition coefficient (Wildman–Crippen LogP) is 15.0. The number of rotatable bonds is 11. The first-order chi connectivity index (χ1) is 34.4. The second kappa shape index (κ2) is 28.7. The second-order valence-corrected chi connectivity index (χ2v) is 16.5. The number of carbonyl (C=O) groups is 5. The van der Waals surface area contributed by atoms with E-state index in [1.165, 1.54) is 24.3 Å². The van der Waals surface area contributed by atoms with E-state index in [1.807, 2.05) is 32.0 Å². The summed E-state index contributed by atoms with van der Waals surface area (Å²) in [6.07, 6.45) is 2.65. The van der Waals surface area contributed by atoms with E-state index in [-0.39, 0.29) is 26.4 Å². The van der Waals surface area contributed by atoms with Gasteiger partial charge >= 0.3 is 0 Å². The summed E-state index contributed by atoms with van der Waals surface area (Å²) in [5.41, 5.74) is 8.76. The highest BCUT2D eigenvalue weighted by atomic mass is 35.5. The first kappa shape index (κ1) is 60.0. The molecule has 0 radical (unpaired) electrons. The Balaban J connectivity index is 0.000000280. The summed E-state index contributed by atoms with van der Waals surface area (Å²) in [5.74, 6) is -7.11. The molecule has 0 bridgehead atoms. The van der Waals surface area contributed by atoms with E-state index in [0.717, 1.165) is 74.9 Å². The molecular weight excluding hydrogens is 1000 g/mol. The average Bonchev–Trinajstić information content (AvgIpc) is 3.76. The summed E-state index contributed by atoms with van der Waals surface area (Å²) in [6, 6.07) is 35.4. The van der Waals surface area contributed by atoms with Crippen molar-refractivity contribution in [3.8, 4) is 22.0 Å². The van der Waals surface area contributed by atoms with E-state index in [1.54, 1.807) is 85.1 Å². The Labute approximate surface area is 433 Å². The van der Waals surface area contributed by atoms with Crippen LogP contribution in [0, 0.1) is 41.8 Å². The van der Waals surface area contributed by atoms with Gasteiger partial charge in [-0.3, -0.25) is 29.0 Å². The fraction of sp³-hybridized carbons (Fsp3) is 0.125. The van der Waals surface area contributed by atoms with E-state index in [9.17, 15) is 50.3 Å². The van der Waals surface area contributed by atoms with Gasteiger partial charge in [0.15, 0.2) is 11.6 Å². The predicted molar refractivity (Wildman–Crippen MR) is 281 cm³/mol. The smallest absolute Gasteiger partial charge is 0.261 e. The Hall–Kier alpha value is -8.28. The number of anilines is 3. The number of nitrogens with one attached hydrogen (secondary N) is 2. The van der Waals surface area contributed by atoms with Gasteiger partial charge in [0.2, 0.25) is 0 Å². The summed E-state index contributed by atoms with van der Waals surface area (Å²) >= 11 is 6.45. The molecule has 2 amide bonds. The van der Waals surface area contributed by atoms with E-state index >= 15 is 0 Å². The van der Waals surface area contributed by atoms with Crippen molar-refractivity contribution >= 4 is 68.6 Å². The highest BCUT2D eigenvalue weighted by molar-refractivity contribution is 7.15. The number of nitrogens with zero attached hydrogens (tertiary/aromatic N) is 2. The molecule has 0 aliphatic heterocycles. The molecular formula is C56H50ClF6N5O5S. The number of amides is 2. The molecule has 74 heavy (non-hydrogen) atoms. The maximum Gasteiger partial charge on any atom is 0.261 e. The van der Waals surface area contributed by atoms with Crippen molar-refractivity contribution in [2.45, 2.75) is 48.5 Å². The summed E-state index contributed by atoms with van der Waals surface area (Å²) in [7, 11) is 0. The molecule has 8 aromatic rings. The number of nitrogens with two attached hydrogens (primary N) is 1. The van der Waals surface area contributed by atoms with E-state index < -0.39 is 68.7 Å². The fourth-order valence-corrected chi connectivity index (χ4v) is 7.39. The number of Topliss-reactive ketones (excluding diaryl/α,β-unsaturated/α-hetero) is 2. The van der Waals surface area contributed by atoms with Crippen molar-refractivity contribution in [2.75, 3.05) is 16.4 Å². The van der Waals surface area contributed by atoms with Crippen LogP contribution in [0.25, 0.3) is 22.0 Å². The van der Waals surface area contributed by atoms with Gasteiger partial charge in [-0.1, -0.05) is 65.1 Å². The number of carbonyl (C=O) groups excluding carboxylic acids is 5. The zero-order chi connectivity index (χ0) is 52.5. The molecule has 0 aliphatic carbocycles. The highest BCUT2D eigenvalue weighted by Crippen LogP contribution is 2.33. The van der Waals surface area contributed by atoms with Crippen LogP contribution >= 0.6 is 22.9 Å². The molecule has 2 heterocycles. The number of aromatic nitrogens is 2. The number of hydrogen-bond donors (Lipinski definition) is 3. The summed E-state index contributed by atoms with van der Waals surface area (Å²) < 4.78 is 79.6. The van der Waals surface area contributed by atoms with Crippen molar-refractivity contribution in [2.24, 2.45) is 0 Å². The minimum Gasteiger partial charge on any atom is -0.399 e. The van der Waals surface area contributed by atoms with Crippen molar-refractivity contribution in [1.29, 1.82) is 0 Å². The van der Waals surface area contributed by atoms with Crippen LogP contribution in [0.4, 0.5) is 43.4 Å². The Morgan fingerprint density at radius 1 is 0.541 bits per heavy atom. The number of ketones is 2. The van der Waals surface area contributed by atoms with E-state index in [0.29, 0.717) is 35.5 Å². The van der Waals surface area contributed by atoms with Crippen LogP contribution in [0.5, 0.6) is 0 Å². The Morgan fingerprint density at radius 2 is 0.932 bits per heavy atom. The second-order valence-electron chi connectivity index (χ2n) is 14.9. The molecule has 2 aromatic heterocycles. The Kier molecular flexibility index (Phi) is 23.3. The van der Waals surface area contributed by atoms with Crippen LogP contribution in [0.3, 0.4) is 0 Å². The van der Waals surface area contributed by atoms with Gasteiger partial charge in [0.25, 0.3) is 17.1 Å². The molecule has 4 N–H and O–H groups in total. The van der Waals surface area contributed by atoms with Crippen molar-refractivity contribution in [3.63, 3.8) is 0 Å². The van der Waals surface area contributed by atoms with Crippen LogP contribution in [-0.4, -0.2) is 38.6 Å².